The quantitative estimate of drug-likeness (QED) is 0.833. The molecule has 0 radical (unpaired) electrons. The molecule has 1 aliphatic rings. The van der Waals surface area contributed by atoms with Gasteiger partial charge in [-0.1, -0.05) is 6.07 Å². The molecule has 2 rings (SSSR count). The Hall–Kier alpha value is -1.09. The number of benzene rings is 1. The summed E-state index contributed by atoms with van der Waals surface area (Å²) < 4.78 is 13.8. The molecule has 1 unspecified atom stereocenters. The van der Waals surface area contributed by atoms with Crippen molar-refractivity contribution in [3.05, 3.63) is 29.6 Å². The van der Waals surface area contributed by atoms with Gasteiger partial charge in [0.1, 0.15) is 5.82 Å². The van der Waals surface area contributed by atoms with Gasteiger partial charge in [0.15, 0.2) is 0 Å². The van der Waals surface area contributed by atoms with Gasteiger partial charge in [0.05, 0.1) is 0 Å². The lowest BCUT2D eigenvalue weighted by Gasteiger charge is -2.27. The van der Waals surface area contributed by atoms with Crippen molar-refractivity contribution in [1.29, 1.82) is 0 Å². The Morgan fingerprint density at radius 1 is 1.50 bits per heavy atom. The molecule has 2 nitrogen and oxygen atoms in total. The molecule has 0 bridgehead atoms. The van der Waals surface area contributed by atoms with Crippen LogP contribution in [0.2, 0.25) is 0 Å². The van der Waals surface area contributed by atoms with Crippen LogP contribution in [0, 0.1) is 5.82 Å². The van der Waals surface area contributed by atoms with E-state index in [0.29, 0.717) is 11.6 Å². The van der Waals surface area contributed by atoms with Crippen LogP contribution in [-0.2, 0) is 0 Å². The van der Waals surface area contributed by atoms with E-state index in [1.165, 1.54) is 18.9 Å². The Morgan fingerprint density at radius 3 is 2.81 bits per heavy atom. The van der Waals surface area contributed by atoms with Crippen molar-refractivity contribution < 1.29 is 4.39 Å². The van der Waals surface area contributed by atoms with Crippen molar-refractivity contribution in [1.82, 2.24) is 0 Å². The summed E-state index contributed by atoms with van der Waals surface area (Å²) in [6.45, 7) is 5.02. The number of hydrogen-bond donors (Lipinski definition) is 1. The molecule has 3 heteroatoms. The number of halogens is 1. The number of anilines is 1. The largest absolute Gasteiger partial charge is 0.368 e. The average Bonchev–Trinajstić information content (AvgIpc) is 2.63. The molecule has 1 aliphatic heterocycles. The molecule has 1 saturated heterocycles. The highest BCUT2D eigenvalue weighted by Gasteiger charge is 2.24. The first-order valence-corrected chi connectivity index (χ1v) is 5.92. The molecule has 0 aromatic heterocycles. The van der Waals surface area contributed by atoms with Crippen molar-refractivity contribution in [2.24, 2.45) is 5.73 Å². The third-order valence-corrected chi connectivity index (χ3v) is 3.35. The number of nitrogens with zero attached hydrogens (tertiary/aromatic N) is 1. The van der Waals surface area contributed by atoms with Gasteiger partial charge in [-0.25, -0.2) is 4.39 Å². The van der Waals surface area contributed by atoms with E-state index in [0.717, 1.165) is 12.2 Å². The molecular weight excluding hydrogens is 203 g/mol. The predicted octanol–water partition coefficient (Wildman–Crippen LogP) is 2.83. The first-order valence-electron chi connectivity index (χ1n) is 5.92. The first kappa shape index (κ1) is 11.4. The summed E-state index contributed by atoms with van der Waals surface area (Å²) in [5.74, 6) is -0.188. The molecule has 0 spiro atoms. The van der Waals surface area contributed by atoms with Crippen LogP contribution in [0.1, 0.15) is 38.3 Å². The van der Waals surface area contributed by atoms with E-state index in [1.807, 2.05) is 13.0 Å². The predicted molar refractivity (Wildman–Crippen MR) is 65.0 cm³/mol. The van der Waals surface area contributed by atoms with E-state index in [-0.39, 0.29) is 11.9 Å². The normalized spacial score (nSPS) is 22.5. The van der Waals surface area contributed by atoms with E-state index in [2.05, 4.69) is 11.8 Å². The van der Waals surface area contributed by atoms with Gasteiger partial charge in [0.2, 0.25) is 0 Å². The molecule has 88 valence electrons. The fraction of sp³-hybridized carbons (Fsp3) is 0.538. The lowest BCUT2D eigenvalue weighted by atomic mass is 10.0. The monoisotopic (exact) mass is 222 g/mol. The number of nitrogens with two attached hydrogens (primary N) is 1. The maximum atomic E-state index is 13.8. The first-order chi connectivity index (χ1) is 7.61. The molecule has 2 atom stereocenters. The Labute approximate surface area is 96.2 Å². The SMILES string of the molecule is CC1CCCN1c1cccc(F)c1[C@@H](C)N. The molecule has 1 aromatic rings. The van der Waals surface area contributed by atoms with E-state index >= 15 is 0 Å². The smallest absolute Gasteiger partial charge is 0.130 e. The zero-order valence-electron chi connectivity index (χ0n) is 9.91. The van der Waals surface area contributed by atoms with Gasteiger partial charge < -0.3 is 10.6 Å². The Bertz CT molecular complexity index is 376. The van der Waals surface area contributed by atoms with Crippen molar-refractivity contribution in [3.8, 4) is 0 Å². The highest BCUT2D eigenvalue weighted by Crippen LogP contribution is 2.32. The lowest BCUT2D eigenvalue weighted by Crippen LogP contribution is -2.28. The summed E-state index contributed by atoms with van der Waals surface area (Å²) in [6, 6.07) is 5.46. The summed E-state index contributed by atoms with van der Waals surface area (Å²) in [5, 5.41) is 0. The second kappa shape index (κ2) is 4.42. The summed E-state index contributed by atoms with van der Waals surface area (Å²) in [4.78, 5) is 2.27. The number of hydrogen-bond acceptors (Lipinski definition) is 2. The van der Waals surface area contributed by atoms with Crippen LogP contribution in [0.25, 0.3) is 0 Å². The topological polar surface area (TPSA) is 29.3 Å². The van der Waals surface area contributed by atoms with Crippen molar-refractivity contribution in [2.75, 3.05) is 11.4 Å². The molecule has 0 aliphatic carbocycles. The minimum Gasteiger partial charge on any atom is -0.368 e. The van der Waals surface area contributed by atoms with Gasteiger partial charge in [-0.05, 0) is 38.8 Å². The van der Waals surface area contributed by atoms with Gasteiger partial charge >= 0.3 is 0 Å². The van der Waals surface area contributed by atoms with E-state index < -0.39 is 0 Å². The fourth-order valence-corrected chi connectivity index (χ4v) is 2.52. The molecule has 2 N–H and O–H groups in total. The lowest BCUT2D eigenvalue weighted by molar-refractivity contribution is 0.590. The highest BCUT2D eigenvalue weighted by atomic mass is 19.1. The molecule has 16 heavy (non-hydrogen) atoms. The maximum absolute atomic E-state index is 13.8. The van der Waals surface area contributed by atoms with Crippen LogP contribution >= 0.6 is 0 Å². The van der Waals surface area contributed by atoms with E-state index in [9.17, 15) is 4.39 Å². The maximum Gasteiger partial charge on any atom is 0.130 e. The van der Waals surface area contributed by atoms with Gasteiger partial charge in [-0.3, -0.25) is 0 Å². The zero-order chi connectivity index (χ0) is 11.7. The summed E-state index contributed by atoms with van der Waals surface area (Å²) in [6.07, 6.45) is 2.35. The molecular formula is C13H19FN2. The van der Waals surface area contributed by atoms with Crippen LogP contribution in [0.15, 0.2) is 18.2 Å². The van der Waals surface area contributed by atoms with Crippen LogP contribution in [0.4, 0.5) is 10.1 Å². The van der Waals surface area contributed by atoms with Crippen LogP contribution < -0.4 is 10.6 Å². The summed E-state index contributed by atoms with van der Waals surface area (Å²) >= 11 is 0. The Balaban J connectivity index is 2.43. The second-order valence-electron chi connectivity index (χ2n) is 4.65. The standard InChI is InChI=1S/C13H19FN2/c1-9-5-4-8-16(9)12-7-3-6-11(14)13(12)10(2)15/h3,6-7,9-10H,4-5,8,15H2,1-2H3/t9?,10-/m1/s1. The van der Waals surface area contributed by atoms with Crippen LogP contribution in [0.5, 0.6) is 0 Å². The van der Waals surface area contributed by atoms with E-state index in [4.69, 9.17) is 5.73 Å². The van der Waals surface area contributed by atoms with Gasteiger partial charge in [-0.2, -0.15) is 0 Å². The Morgan fingerprint density at radius 2 is 2.25 bits per heavy atom. The van der Waals surface area contributed by atoms with Crippen LogP contribution in [0.3, 0.4) is 0 Å². The van der Waals surface area contributed by atoms with Gasteiger partial charge in [0.25, 0.3) is 0 Å². The fourth-order valence-electron chi connectivity index (χ4n) is 2.52. The molecule has 0 amide bonds. The minimum absolute atomic E-state index is 0.188. The van der Waals surface area contributed by atoms with Crippen molar-refractivity contribution in [2.45, 2.75) is 38.8 Å². The third-order valence-electron chi connectivity index (χ3n) is 3.35. The van der Waals surface area contributed by atoms with Crippen molar-refractivity contribution in [3.63, 3.8) is 0 Å². The second-order valence-corrected chi connectivity index (χ2v) is 4.65. The zero-order valence-corrected chi connectivity index (χ0v) is 9.91. The minimum atomic E-state index is -0.260. The summed E-state index contributed by atoms with van der Waals surface area (Å²) in [7, 11) is 0. The third kappa shape index (κ3) is 1.92. The Kier molecular flexibility index (Phi) is 3.15. The molecule has 1 fully saturated rings. The number of rotatable bonds is 2. The summed E-state index contributed by atoms with van der Waals surface area (Å²) in [5.41, 5.74) is 7.48. The highest BCUT2D eigenvalue weighted by molar-refractivity contribution is 5.56. The molecule has 1 aromatic carbocycles. The molecule has 0 saturated carbocycles. The van der Waals surface area contributed by atoms with E-state index in [1.54, 1.807) is 6.07 Å². The van der Waals surface area contributed by atoms with Gasteiger partial charge in [-0.15, -0.1) is 0 Å². The van der Waals surface area contributed by atoms with Gasteiger partial charge in [0, 0.05) is 29.9 Å². The van der Waals surface area contributed by atoms with Crippen molar-refractivity contribution >= 4 is 5.69 Å². The molecule has 1 heterocycles. The van der Waals surface area contributed by atoms with Crippen LogP contribution in [-0.4, -0.2) is 12.6 Å². The average molecular weight is 222 g/mol.